The average molecular weight is 1090 g/mol. The fourth-order valence-corrected chi connectivity index (χ4v) is 10.5. The van der Waals surface area contributed by atoms with Crippen molar-refractivity contribution in [1.29, 1.82) is 0 Å². The molecule has 19 nitrogen and oxygen atoms in total. The fraction of sp³-hybridized carbons (Fsp3) is 0.644. The van der Waals surface area contributed by atoms with E-state index in [0.717, 1.165) is 10.5 Å². The van der Waals surface area contributed by atoms with E-state index in [1.165, 1.54) is 49.7 Å². The molecule has 2 fully saturated rings. The van der Waals surface area contributed by atoms with Gasteiger partial charge in [0.1, 0.15) is 42.3 Å². The summed E-state index contributed by atoms with van der Waals surface area (Å²) in [5, 5.41) is 23.2. The highest BCUT2D eigenvalue weighted by atomic mass is 16.6. The number of ether oxygens (including phenoxy) is 1. The van der Waals surface area contributed by atoms with Crippen LogP contribution in [0.25, 0.3) is 0 Å². The Kier molecular flexibility index (Phi) is 23.4. The van der Waals surface area contributed by atoms with Crippen molar-refractivity contribution < 1.29 is 53.0 Å². The number of carbonyl (C=O) groups is 9. The van der Waals surface area contributed by atoms with Gasteiger partial charge in [-0.15, -0.1) is 0 Å². The number of likely N-dealkylation sites (N-methyl/N-ethyl adjacent to an activating group) is 3. The van der Waals surface area contributed by atoms with Gasteiger partial charge in [-0.2, -0.15) is 0 Å². The van der Waals surface area contributed by atoms with E-state index in [-0.39, 0.29) is 38.1 Å². The van der Waals surface area contributed by atoms with Crippen molar-refractivity contribution in [2.45, 2.75) is 188 Å². The van der Waals surface area contributed by atoms with E-state index in [9.17, 15) is 38.7 Å². The zero-order chi connectivity index (χ0) is 58.5. The predicted octanol–water partition coefficient (Wildman–Crippen LogP) is 4.03. The van der Waals surface area contributed by atoms with Gasteiger partial charge in [-0.3, -0.25) is 38.4 Å². The summed E-state index contributed by atoms with van der Waals surface area (Å²) in [4.78, 5) is 138. The highest BCUT2D eigenvalue weighted by Gasteiger charge is 2.47. The first-order valence-corrected chi connectivity index (χ1v) is 27.9. The van der Waals surface area contributed by atoms with E-state index >= 15 is 9.59 Å². The van der Waals surface area contributed by atoms with Crippen LogP contribution in [-0.2, 0) is 60.7 Å². The van der Waals surface area contributed by atoms with Crippen molar-refractivity contribution >= 4 is 53.2 Å². The molecule has 19 heteroatoms. The lowest BCUT2D eigenvalue weighted by Gasteiger charge is -2.39. The molecule has 2 aromatic carbocycles. The summed E-state index contributed by atoms with van der Waals surface area (Å²) in [5.74, 6) is -8.82. The SMILES string of the molecule is CC[C@@H](C)[C@H]1NC(=O)[C@@H]2CCCN2C(=O)[C@@H](Cc2ccccc2)N(C)C(=O)[C@H](Cc2ccccc2)NC(=O)[C@@H](C(C)C)N(C)C(=O)[C@@H]([C@H](C)CC)OC(=O)[C@H](C(C)(C)O)N(C)C(=O)[C@H](CC(C)C)NC(=O)[C@@H](C(C)C)NC1=O. The molecule has 2 saturated heterocycles. The van der Waals surface area contributed by atoms with Crippen LogP contribution in [0.15, 0.2) is 60.7 Å². The van der Waals surface area contributed by atoms with Gasteiger partial charge in [-0.1, -0.05) is 136 Å². The molecular formula is C59H90N8O11. The fourth-order valence-electron chi connectivity index (χ4n) is 10.5. The predicted molar refractivity (Wildman–Crippen MR) is 297 cm³/mol. The molecule has 0 unspecified atom stereocenters. The van der Waals surface area contributed by atoms with Gasteiger partial charge in [0, 0.05) is 46.4 Å². The third kappa shape index (κ3) is 16.3. The molecule has 0 spiro atoms. The maximum atomic E-state index is 15.2. The Hall–Kier alpha value is -6.37. The van der Waals surface area contributed by atoms with Crippen molar-refractivity contribution in [3.05, 3.63) is 71.8 Å². The molecule has 5 N–H and O–H groups in total. The zero-order valence-electron chi connectivity index (χ0n) is 48.8. The quantitative estimate of drug-likeness (QED) is 0.179. The number of hydrogen-bond donors (Lipinski definition) is 5. The van der Waals surface area contributed by atoms with Gasteiger partial charge >= 0.3 is 5.97 Å². The minimum Gasteiger partial charge on any atom is -0.450 e. The van der Waals surface area contributed by atoms with Gasteiger partial charge in [0.15, 0.2) is 12.1 Å². The topological polar surface area (TPSA) is 244 Å². The molecule has 432 valence electrons. The number of fused-ring (bicyclic) bond motifs is 1. The first-order chi connectivity index (χ1) is 36.5. The second-order valence-corrected chi connectivity index (χ2v) is 23.3. The summed E-state index contributed by atoms with van der Waals surface area (Å²) in [6, 6.07) is 8.02. The molecule has 0 radical (unpaired) electrons. The number of rotatable bonds is 13. The third-order valence-corrected chi connectivity index (χ3v) is 15.4. The van der Waals surface area contributed by atoms with Crippen LogP contribution in [0.2, 0.25) is 0 Å². The molecule has 0 bridgehead atoms. The van der Waals surface area contributed by atoms with Crippen LogP contribution in [0.5, 0.6) is 0 Å². The van der Waals surface area contributed by atoms with E-state index in [2.05, 4.69) is 21.3 Å². The van der Waals surface area contributed by atoms with Gasteiger partial charge in [-0.05, 0) is 74.3 Å². The minimum atomic E-state index is -1.97. The van der Waals surface area contributed by atoms with Crippen LogP contribution >= 0.6 is 0 Å². The molecule has 4 rings (SSSR count). The van der Waals surface area contributed by atoms with Gasteiger partial charge in [-0.25, -0.2) is 4.79 Å². The average Bonchev–Trinajstić information content (AvgIpc) is 3.89. The van der Waals surface area contributed by atoms with E-state index in [4.69, 9.17) is 4.74 Å². The normalized spacial score (nSPS) is 26.6. The number of carbonyl (C=O) groups excluding carboxylic acids is 9. The highest BCUT2D eigenvalue weighted by molar-refractivity contribution is 5.99. The summed E-state index contributed by atoms with van der Waals surface area (Å²) in [5.41, 5.74) is -0.553. The van der Waals surface area contributed by atoms with Crippen LogP contribution in [0, 0.1) is 29.6 Å². The Morgan fingerprint density at radius 3 is 1.62 bits per heavy atom. The summed E-state index contributed by atoms with van der Waals surface area (Å²) >= 11 is 0. The van der Waals surface area contributed by atoms with Crippen molar-refractivity contribution in [1.82, 2.24) is 40.9 Å². The number of hydrogen-bond acceptors (Lipinski definition) is 11. The lowest BCUT2D eigenvalue weighted by molar-refractivity contribution is -0.177. The molecule has 8 amide bonds. The monoisotopic (exact) mass is 1090 g/mol. The number of aliphatic hydroxyl groups is 1. The van der Waals surface area contributed by atoms with Crippen molar-refractivity contribution in [2.75, 3.05) is 27.7 Å². The van der Waals surface area contributed by atoms with Gasteiger partial charge in [0.25, 0.3) is 5.91 Å². The summed E-state index contributed by atoms with van der Waals surface area (Å²) in [7, 11) is 4.19. The minimum absolute atomic E-state index is 0.00717. The first-order valence-electron chi connectivity index (χ1n) is 27.9. The van der Waals surface area contributed by atoms with Crippen molar-refractivity contribution in [3.8, 4) is 0 Å². The molecule has 2 aliphatic rings. The smallest absolute Gasteiger partial charge is 0.332 e. The highest BCUT2D eigenvalue weighted by Crippen LogP contribution is 2.27. The van der Waals surface area contributed by atoms with Crippen LogP contribution in [-0.4, -0.2) is 166 Å². The first kappa shape index (κ1) is 64.2. The number of benzene rings is 2. The Morgan fingerprint density at radius 1 is 0.590 bits per heavy atom. The molecule has 0 aliphatic carbocycles. The number of cyclic esters (lactones) is 1. The lowest BCUT2D eigenvalue weighted by Crippen LogP contribution is -2.63. The Bertz CT molecular complexity index is 2390. The van der Waals surface area contributed by atoms with Crippen LogP contribution in [0.3, 0.4) is 0 Å². The number of nitrogens with one attached hydrogen (secondary N) is 4. The second-order valence-electron chi connectivity index (χ2n) is 23.3. The van der Waals surface area contributed by atoms with Crippen LogP contribution < -0.4 is 21.3 Å². The molecule has 0 aromatic heterocycles. The molecule has 0 saturated carbocycles. The third-order valence-electron chi connectivity index (χ3n) is 15.4. The van der Waals surface area contributed by atoms with Crippen LogP contribution in [0.4, 0.5) is 0 Å². The number of nitrogens with zero attached hydrogens (tertiary/aromatic N) is 4. The Labute approximate surface area is 462 Å². The molecule has 78 heavy (non-hydrogen) atoms. The molecule has 2 aliphatic heterocycles. The van der Waals surface area contributed by atoms with E-state index < -0.39 is 137 Å². The number of esters is 1. The summed E-state index contributed by atoms with van der Waals surface area (Å²) < 4.78 is 6.08. The summed E-state index contributed by atoms with van der Waals surface area (Å²) in [6.07, 6.45) is 0.0859. The van der Waals surface area contributed by atoms with Gasteiger partial charge < -0.3 is 50.7 Å². The van der Waals surface area contributed by atoms with E-state index in [1.54, 1.807) is 72.7 Å². The maximum Gasteiger partial charge on any atom is 0.332 e. The maximum absolute atomic E-state index is 15.2. The Balaban J connectivity index is 1.95. The molecular weight excluding hydrogens is 997 g/mol. The van der Waals surface area contributed by atoms with Crippen LogP contribution in [0.1, 0.15) is 126 Å². The van der Waals surface area contributed by atoms with Gasteiger partial charge in [0.05, 0.1) is 5.60 Å². The van der Waals surface area contributed by atoms with Crippen molar-refractivity contribution in [2.24, 2.45) is 29.6 Å². The molecule has 11 atom stereocenters. The molecule has 2 heterocycles. The van der Waals surface area contributed by atoms with E-state index in [1.807, 2.05) is 57.2 Å². The lowest BCUT2D eigenvalue weighted by atomic mass is 9.94. The zero-order valence-corrected chi connectivity index (χ0v) is 48.8. The van der Waals surface area contributed by atoms with E-state index in [0.29, 0.717) is 24.8 Å². The van der Waals surface area contributed by atoms with Gasteiger partial charge in [0.2, 0.25) is 41.4 Å². The number of amides is 8. The summed E-state index contributed by atoms with van der Waals surface area (Å²) in [6.45, 7) is 20.5. The van der Waals surface area contributed by atoms with Crippen molar-refractivity contribution in [3.63, 3.8) is 0 Å². The standard InChI is InChI=1S/C59H90N8O11/c1-16-37(9)46-52(70)62-45(35(5)6)51(69)60-41(31-34(3)4)55(73)66(15)49(59(11,12)77)58(76)78-48(38(10)17-2)57(75)65(14)47(36(7)8)53(71)61-42(32-39-25-20-18-21-26-39)54(72)64(13)44(33-40-27-22-19-23-28-40)56(74)67-30-24-29-43(67)50(68)63-46/h18-23,25-28,34-38,41-49,77H,16-17,24,29-33H2,1-15H3,(H,60,69)(H,61,71)(H,62,70)(H,63,68)/t37-,38-,41+,42+,43+,44-,45-,46-,47-,48-,49-/m1/s1. The second kappa shape index (κ2) is 28.5. The Morgan fingerprint density at radius 2 is 1.10 bits per heavy atom. The largest absolute Gasteiger partial charge is 0.450 e. The molecule has 2 aromatic rings.